The average molecular weight is 436 g/mol. The first kappa shape index (κ1) is 23.1. The van der Waals surface area contributed by atoms with E-state index in [0.717, 1.165) is 32.6 Å². The second-order valence-electron chi connectivity index (χ2n) is 6.72. The molecule has 0 saturated carbocycles. The van der Waals surface area contributed by atoms with Crippen molar-refractivity contribution < 1.29 is 35.9 Å². The lowest BCUT2D eigenvalue weighted by Crippen LogP contribution is -2.40. The van der Waals surface area contributed by atoms with Gasteiger partial charge in [-0.1, -0.05) is 12.8 Å². The van der Waals surface area contributed by atoms with Crippen LogP contribution in [0.5, 0.6) is 0 Å². The minimum absolute atomic E-state index is 0.0183. The lowest BCUT2D eigenvalue weighted by molar-refractivity contribution is -0.143. The summed E-state index contributed by atoms with van der Waals surface area (Å²) in [5.74, 6) is -2.03. The van der Waals surface area contributed by atoms with Crippen LogP contribution in [-0.2, 0) is 19.6 Å². The van der Waals surface area contributed by atoms with Crippen LogP contribution in [0.25, 0.3) is 0 Å². The molecule has 1 amide bonds. The Labute approximate surface area is 167 Å². The van der Waals surface area contributed by atoms with Crippen molar-refractivity contribution in [3.63, 3.8) is 0 Å². The van der Waals surface area contributed by atoms with Gasteiger partial charge in [0.15, 0.2) is 6.10 Å². The molecule has 0 aromatic heterocycles. The van der Waals surface area contributed by atoms with Crippen LogP contribution in [-0.4, -0.2) is 56.5 Å². The monoisotopic (exact) mass is 436 g/mol. The zero-order valence-corrected chi connectivity index (χ0v) is 16.7. The fourth-order valence-electron chi connectivity index (χ4n) is 2.81. The molecule has 1 saturated heterocycles. The van der Waals surface area contributed by atoms with Gasteiger partial charge in [0.1, 0.15) is 6.54 Å². The maximum absolute atomic E-state index is 12.7. The topological polar surface area (TPSA) is 92.8 Å². The predicted octanol–water partition coefficient (Wildman–Crippen LogP) is 2.48. The molecular formula is C18H23F3N2O5S. The van der Waals surface area contributed by atoms with Crippen LogP contribution in [0.1, 0.15) is 43.0 Å². The normalized spacial score (nSPS) is 17.2. The molecule has 1 aliphatic heterocycles. The molecule has 1 aromatic rings. The first-order chi connectivity index (χ1) is 13.5. The lowest BCUT2D eigenvalue weighted by Gasteiger charge is -2.20. The molecule has 162 valence electrons. The van der Waals surface area contributed by atoms with Crippen molar-refractivity contribution >= 4 is 21.9 Å². The third-order valence-electron chi connectivity index (χ3n) is 4.41. The van der Waals surface area contributed by atoms with Gasteiger partial charge >= 0.3 is 12.1 Å². The van der Waals surface area contributed by atoms with Gasteiger partial charge in [-0.15, -0.1) is 0 Å². The molecule has 0 spiro atoms. The third-order valence-corrected chi connectivity index (χ3v) is 6.32. The number of esters is 1. The number of amides is 1. The summed E-state index contributed by atoms with van der Waals surface area (Å²) in [6, 6.07) is 5.02. The van der Waals surface area contributed by atoms with E-state index in [1.807, 2.05) is 0 Å². The molecule has 0 radical (unpaired) electrons. The van der Waals surface area contributed by atoms with Crippen LogP contribution in [0.3, 0.4) is 0 Å². The average Bonchev–Trinajstić information content (AvgIpc) is 2.95. The number of hydrogen-bond donors (Lipinski definition) is 1. The largest absolute Gasteiger partial charge is 0.449 e. The van der Waals surface area contributed by atoms with E-state index in [1.54, 1.807) is 5.32 Å². The minimum atomic E-state index is -4.58. The van der Waals surface area contributed by atoms with Crippen LogP contribution in [0.15, 0.2) is 29.2 Å². The second-order valence-corrected chi connectivity index (χ2v) is 8.66. The molecule has 1 atom stereocenters. The Morgan fingerprint density at radius 1 is 1.10 bits per heavy atom. The van der Waals surface area contributed by atoms with Gasteiger partial charge in [0, 0.05) is 13.1 Å². The quantitative estimate of drug-likeness (QED) is 0.692. The highest BCUT2D eigenvalue weighted by atomic mass is 32.2. The lowest BCUT2D eigenvalue weighted by atomic mass is 10.2. The molecule has 1 N–H and O–H groups in total. The van der Waals surface area contributed by atoms with Gasteiger partial charge < -0.3 is 10.1 Å². The van der Waals surface area contributed by atoms with E-state index >= 15 is 0 Å². The smallest absolute Gasteiger partial charge is 0.405 e. The van der Waals surface area contributed by atoms with E-state index in [4.69, 9.17) is 4.74 Å². The molecular weight excluding hydrogens is 413 g/mol. The summed E-state index contributed by atoms with van der Waals surface area (Å²) in [6.07, 6.45) is -2.48. The highest BCUT2D eigenvalue weighted by molar-refractivity contribution is 7.89. The second kappa shape index (κ2) is 9.57. The summed E-state index contributed by atoms with van der Waals surface area (Å²) < 4.78 is 68.0. The first-order valence-electron chi connectivity index (χ1n) is 9.16. The van der Waals surface area contributed by atoms with E-state index in [9.17, 15) is 31.2 Å². The van der Waals surface area contributed by atoms with E-state index < -0.39 is 40.7 Å². The van der Waals surface area contributed by atoms with Crippen LogP contribution in [0.4, 0.5) is 13.2 Å². The number of ether oxygens (including phenoxy) is 1. The Kier molecular flexibility index (Phi) is 7.64. The van der Waals surface area contributed by atoms with E-state index in [0.29, 0.717) is 13.1 Å². The summed E-state index contributed by atoms with van der Waals surface area (Å²) in [6.45, 7) is 0.492. The predicted molar refractivity (Wildman–Crippen MR) is 97.6 cm³/mol. The van der Waals surface area contributed by atoms with Gasteiger partial charge in [0.25, 0.3) is 5.91 Å². The number of nitrogens with zero attached hydrogens (tertiary/aromatic N) is 1. The Morgan fingerprint density at radius 3 is 2.17 bits per heavy atom. The van der Waals surface area contributed by atoms with Crippen LogP contribution < -0.4 is 5.32 Å². The molecule has 0 aliphatic carbocycles. The fourth-order valence-corrected chi connectivity index (χ4v) is 4.32. The zero-order valence-electron chi connectivity index (χ0n) is 15.9. The highest BCUT2D eigenvalue weighted by Gasteiger charge is 2.30. The molecule has 1 heterocycles. The van der Waals surface area contributed by atoms with Crippen molar-refractivity contribution in [2.45, 2.75) is 49.8 Å². The summed E-state index contributed by atoms with van der Waals surface area (Å²) in [5.41, 5.74) is -0.0183. The fraction of sp³-hybridized carbons (Fsp3) is 0.556. The molecule has 0 bridgehead atoms. The van der Waals surface area contributed by atoms with Gasteiger partial charge in [0.05, 0.1) is 10.5 Å². The number of benzene rings is 1. The summed E-state index contributed by atoms with van der Waals surface area (Å²) in [7, 11) is -3.68. The maximum atomic E-state index is 12.7. The highest BCUT2D eigenvalue weighted by Crippen LogP contribution is 2.21. The summed E-state index contributed by atoms with van der Waals surface area (Å²) in [5, 5.41) is 1.62. The Morgan fingerprint density at radius 2 is 1.66 bits per heavy atom. The van der Waals surface area contributed by atoms with E-state index in [1.165, 1.54) is 28.6 Å². The molecule has 1 fully saturated rings. The van der Waals surface area contributed by atoms with Crippen molar-refractivity contribution in [2.24, 2.45) is 0 Å². The van der Waals surface area contributed by atoms with Gasteiger partial charge in [-0.2, -0.15) is 17.5 Å². The molecule has 1 aliphatic rings. The number of rotatable bonds is 6. The Balaban J connectivity index is 2.00. The van der Waals surface area contributed by atoms with E-state index in [-0.39, 0.29) is 10.5 Å². The van der Waals surface area contributed by atoms with Gasteiger partial charge in [0.2, 0.25) is 10.0 Å². The number of carbonyl (C=O) groups excluding carboxylic acids is 2. The first-order valence-corrected chi connectivity index (χ1v) is 10.6. The van der Waals surface area contributed by atoms with Gasteiger partial charge in [-0.3, -0.25) is 4.79 Å². The molecule has 11 heteroatoms. The Hall–Kier alpha value is -2.14. The number of halogens is 3. The van der Waals surface area contributed by atoms with Crippen LogP contribution in [0.2, 0.25) is 0 Å². The minimum Gasteiger partial charge on any atom is -0.449 e. The third kappa shape index (κ3) is 6.70. The molecule has 29 heavy (non-hydrogen) atoms. The van der Waals surface area contributed by atoms with Crippen molar-refractivity contribution in [1.29, 1.82) is 0 Å². The van der Waals surface area contributed by atoms with Crippen molar-refractivity contribution in [3.05, 3.63) is 29.8 Å². The standard InChI is InChI=1S/C18H23F3N2O5S/c1-13(16(24)22-12-18(19,20)21)28-17(25)14-6-8-15(9-7-14)29(26,27)23-10-4-2-3-5-11-23/h6-9,13H,2-5,10-12H2,1H3,(H,22,24). The van der Waals surface area contributed by atoms with Gasteiger partial charge in [-0.05, 0) is 44.0 Å². The van der Waals surface area contributed by atoms with Crippen LogP contribution >= 0.6 is 0 Å². The number of hydrogen-bond acceptors (Lipinski definition) is 5. The molecule has 1 aromatic carbocycles. The number of nitrogens with one attached hydrogen (secondary N) is 1. The van der Waals surface area contributed by atoms with Crippen molar-refractivity contribution in [1.82, 2.24) is 9.62 Å². The summed E-state index contributed by atoms with van der Waals surface area (Å²) in [4.78, 5) is 23.7. The van der Waals surface area contributed by atoms with Gasteiger partial charge in [-0.25, -0.2) is 13.2 Å². The number of alkyl halides is 3. The SMILES string of the molecule is CC(OC(=O)c1ccc(S(=O)(=O)N2CCCCCC2)cc1)C(=O)NCC(F)(F)F. The van der Waals surface area contributed by atoms with Crippen molar-refractivity contribution in [3.8, 4) is 0 Å². The zero-order chi connectivity index (χ0) is 21.7. The van der Waals surface area contributed by atoms with E-state index in [2.05, 4.69) is 0 Å². The molecule has 7 nitrogen and oxygen atoms in total. The Bertz CT molecular complexity index is 817. The number of carbonyl (C=O) groups is 2. The number of sulfonamides is 1. The van der Waals surface area contributed by atoms with Crippen LogP contribution in [0, 0.1) is 0 Å². The molecule has 2 rings (SSSR count). The maximum Gasteiger partial charge on any atom is 0.405 e. The molecule has 1 unspecified atom stereocenters. The summed E-state index contributed by atoms with van der Waals surface area (Å²) >= 11 is 0. The van der Waals surface area contributed by atoms with Crippen molar-refractivity contribution in [2.75, 3.05) is 19.6 Å².